The number of amides is 1. The highest BCUT2D eigenvalue weighted by Gasteiger charge is 2.33. The maximum absolute atomic E-state index is 12.3. The predicted molar refractivity (Wildman–Crippen MR) is 96.9 cm³/mol. The molecule has 7 heteroatoms. The number of aliphatic hydroxyl groups excluding tert-OH is 1. The summed E-state index contributed by atoms with van der Waals surface area (Å²) < 4.78 is 15.5. The molecule has 0 aliphatic rings. The molecule has 0 spiro atoms. The summed E-state index contributed by atoms with van der Waals surface area (Å²) >= 11 is 0. The first-order valence-electron chi connectivity index (χ1n) is 8.51. The Labute approximate surface area is 154 Å². The lowest BCUT2D eigenvalue weighted by Crippen LogP contribution is -2.41. The van der Waals surface area contributed by atoms with E-state index in [2.05, 4.69) is 0 Å². The molecule has 7 nitrogen and oxygen atoms in total. The van der Waals surface area contributed by atoms with Gasteiger partial charge in [-0.15, -0.1) is 0 Å². The van der Waals surface area contributed by atoms with Crippen molar-refractivity contribution in [1.82, 2.24) is 4.90 Å². The van der Waals surface area contributed by atoms with Crippen LogP contribution in [0.5, 0.6) is 5.75 Å². The molecule has 0 saturated heterocycles. The third-order valence-corrected chi connectivity index (χ3v) is 3.60. The highest BCUT2D eigenvalue weighted by atomic mass is 16.6. The van der Waals surface area contributed by atoms with Gasteiger partial charge in [-0.05, 0) is 45.4 Å². The van der Waals surface area contributed by atoms with Gasteiger partial charge in [0, 0.05) is 13.6 Å². The second-order valence-electron chi connectivity index (χ2n) is 6.94. The number of carbonyl (C=O) groups excluding carboxylic acids is 2. The molecule has 0 aliphatic carbocycles. The van der Waals surface area contributed by atoms with Crippen LogP contribution >= 0.6 is 0 Å². The lowest BCUT2D eigenvalue weighted by Gasteiger charge is -2.29. The van der Waals surface area contributed by atoms with Crippen molar-refractivity contribution in [3.8, 4) is 5.75 Å². The molecule has 0 heterocycles. The number of hydrogen-bond acceptors (Lipinski definition) is 6. The normalized spacial score (nSPS) is 13.5. The van der Waals surface area contributed by atoms with E-state index in [-0.39, 0.29) is 13.2 Å². The van der Waals surface area contributed by atoms with E-state index in [4.69, 9.17) is 14.2 Å². The Kier molecular flexibility index (Phi) is 7.89. The molecule has 1 amide bonds. The number of methoxy groups -OCH3 is 1. The van der Waals surface area contributed by atoms with E-state index in [1.54, 1.807) is 59.1 Å². The van der Waals surface area contributed by atoms with Gasteiger partial charge in [0.25, 0.3) is 0 Å². The van der Waals surface area contributed by atoms with Gasteiger partial charge in [0.05, 0.1) is 19.8 Å². The van der Waals surface area contributed by atoms with Crippen LogP contribution in [0, 0.1) is 5.92 Å². The molecule has 1 rings (SSSR count). The van der Waals surface area contributed by atoms with Gasteiger partial charge in [0.1, 0.15) is 17.3 Å². The fourth-order valence-electron chi connectivity index (χ4n) is 2.30. The minimum atomic E-state index is -1.13. The molecule has 0 aromatic heterocycles. The third-order valence-electron chi connectivity index (χ3n) is 3.60. The zero-order valence-corrected chi connectivity index (χ0v) is 16.3. The van der Waals surface area contributed by atoms with Crippen molar-refractivity contribution >= 4 is 12.1 Å². The van der Waals surface area contributed by atoms with Crippen molar-refractivity contribution in [3.05, 3.63) is 29.8 Å². The van der Waals surface area contributed by atoms with Crippen LogP contribution in [0.1, 0.15) is 39.4 Å². The van der Waals surface area contributed by atoms with E-state index in [9.17, 15) is 14.7 Å². The number of carbonyl (C=O) groups is 2. The van der Waals surface area contributed by atoms with Gasteiger partial charge in [-0.25, -0.2) is 4.79 Å². The molecule has 0 aliphatic heterocycles. The van der Waals surface area contributed by atoms with Crippen LogP contribution in [0.25, 0.3) is 0 Å². The van der Waals surface area contributed by atoms with E-state index in [1.165, 1.54) is 11.9 Å². The SMILES string of the molecule is CCOC(=O)C(CN(C)C(=O)OC(C)(C)C)C(O)c1ccc(OC)cc1. The van der Waals surface area contributed by atoms with Gasteiger partial charge in [-0.2, -0.15) is 0 Å². The van der Waals surface area contributed by atoms with Crippen molar-refractivity contribution in [2.75, 3.05) is 27.3 Å². The van der Waals surface area contributed by atoms with Gasteiger partial charge in [-0.3, -0.25) is 4.79 Å². The summed E-state index contributed by atoms with van der Waals surface area (Å²) in [6, 6.07) is 6.73. The molecule has 0 bridgehead atoms. The molecule has 146 valence electrons. The zero-order chi connectivity index (χ0) is 19.9. The fourth-order valence-corrected chi connectivity index (χ4v) is 2.30. The Balaban J connectivity index is 2.96. The number of ether oxygens (including phenoxy) is 3. The van der Waals surface area contributed by atoms with Gasteiger partial charge < -0.3 is 24.2 Å². The summed E-state index contributed by atoms with van der Waals surface area (Å²) in [5.74, 6) is -0.883. The first kappa shape index (κ1) is 21.8. The monoisotopic (exact) mass is 367 g/mol. The molecule has 2 unspecified atom stereocenters. The van der Waals surface area contributed by atoms with E-state index in [1.807, 2.05) is 0 Å². The van der Waals surface area contributed by atoms with Crippen molar-refractivity contribution in [1.29, 1.82) is 0 Å². The van der Waals surface area contributed by atoms with Crippen LogP contribution in [0.15, 0.2) is 24.3 Å². The van der Waals surface area contributed by atoms with Crippen LogP contribution in [0.3, 0.4) is 0 Å². The van der Waals surface area contributed by atoms with Gasteiger partial charge >= 0.3 is 12.1 Å². The molecular formula is C19H29NO6. The van der Waals surface area contributed by atoms with Crippen molar-refractivity contribution < 1.29 is 28.9 Å². The first-order chi connectivity index (χ1) is 12.1. The molecule has 0 radical (unpaired) electrons. The summed E-state index contributed by atoms with van der Waals surface area (Å²) in [6.07, 6.45) is -1.71. The lowest BCUT2D eigenvalue weighted by atomic mass is 9.95. The Hall–Kier alpha value is -2.28. The average molecular weight is 367 g/mol. The quantitative estimate of drug-likeness (QED) is 0.746. The molecule has 26 heavy (non-hydrogen) atoms. The summed E-state index contributed by atoms with van der Waals surface area (Å²) in [7, 11) is 3.06. The second-order valence-corrected chi connectivity index (χ2v) is 6.94. The third kappa shape index (κ3) is 6.55. The maximum Gasteiger partial charge on any atom is 0.410 e. The minimum absolute atomic E-state index is 0.0407. The number of hydrogen-bond donors (Lipinski definition) is 1. The molecule has 0 fully saturated rings. The number of esters is 1. The smallest absolute Gasteiger partial charge is 0.410 e. The number of benzene rings is 1. The predicted octanol–water partition coefficient (Wildman–Crippen LogP) is 2.77. The largest absolute Gasteiger partial charge is 0.497 e. The van der Waals surface area contributed by atoms with Gasteiger partial charge in [-0.1, -0.05) is 12.1 Å². The fraction of sp³-hybridized carbons (Fsp3) is 0.579. The first-order valence-corrected chi connectivity index (χ1v) is 8.51. The molecule has 1 aromatic rings. The van der Waals surface area contributed by atoms with E-state index >= 15 is 0 Å². The zero-order valence-electron chi connectivity index (χ0n) is 16.3. The highest BCUT2D eigenvalue weighted by Crippen LogP contribution is 2.26. The summed E-state index contributed by atoms with van der Waals surface area (Å²) in [6.45, 7) is 7.10. The average Bonchev–Trinajstić information content (AvgIpc) is 2.57. The lowest BCUT2D eigenvalue weighted by molar-refractivity contribution is -0.153. The minimum Gasteiger partial charge on any atom is -0.497 e. The topological polar surface area (TPSA) is 85.3 Å². The van der Waals surface area contributed by atoms with Crippen LogP contribution < -0.4 is 4.74 Å². The molecule has 1 aromatic carbocycles. The van der Waals surface area contributed by atoms with Crippen LogP contribution in [-0.4, -0.2) is 55.0 Å². The summed E-state index contributed by atoms with van der Waals surface area (Å²) in [5.41, 5.74) is -0.124. The molecular weight excluding hydrogens is 338 g/mol. The summed E-state index contributed by atoms with van der Waals surface area (Å²) in [5, 5.41) is 10.7. The van der Waals surface area contributed by atoms with Gasteiger partial charge in [0.2, 0.25) is 0 Å². The van der Waals surface area contributed by atoms with E-state index in [0.717, 1.165) is 0 Å². The van der Waals surface area contributed by atoms with Gasteiger partial charge in [0.15, 0.2) is 0 Å². The van der Waals surface area contributed by atoms with E-state index < -0.39 is 29.7 Å². The van der Waals surface area contributed by atoms with Crippen LogP contribution in [0.2, 0.25) is 0 Å². The Morgan fingerprint density at radius 3 is 2.23 bits per heavy atom. The molecule has 0 saturated carbocycles. The number of aliphatic hydroxyl groups is 1. The van der Waals surface area contributed by atoms with Crippen LogP contribution in [-0.2, 0) is 14.3 Å². The van der Waals surface area contributed by atoms with Crippen molar-refractivity contribution in [2.45, 2.75) is 39.4 Å². The Morgan fingerprint density at radius 2 is 1.77 bits per heavy atom. The van der Waals surface area contributed by atoms with Crippen molar-refractivity contribution in [3.63, 3.8) is 0 Å². The van der Waals surface area contributed by atoms with E-state index in [0.29, 0.717) is 11.3 Å². The standard InChI is InChI=1S/C19H29NO6/c1-7-25-17(22)15(12-20(5)18(23)26-19(2,3)4)16(21)13-8-10-14(24-6)11-9-13/h8-11,15-16,21H,7,12H2,1-6H3. The number of nitrogens with zero attached hydrogens (tertiary/aromatic N) is 1. The summed E-state index contributed by atoms with van der Waals surface area (Å²) in [4.78, 5) is 25.8. The second kappa shape index (κ2) is 9.43. The number of rotatable bonds is 7. The maximum atomic E-state index is 12.3. The van der Waals surface area contributed by atoms with Crippen LogP contribution in [0.4, 0.5) is 4.79 Å². The molecule has 1 N–H and O–H groups in total. The van der Waals surface area contributed by atoms with Crippen molar-refractivity contribution in [2.24, 2.45) is 5.92 Å². The molecule has 2 atom stereocenters. The Bertz CT molecular complexity index is 593. The Morgan fingerprint density at radius 1 is 1.19 bits per heavy atom. The highest BCUT2D eigenvalue weighted by molar-refractivity contribution is 5.75.